The number of carbonyl (C=O) groups excluding carboxylic acids is 1. The van der Waals surface area contributed by atoms with Gasteiger partial charge in [0.2, 0.25) is 0 Å². The number of rotatable bonds is 6. The van der Waals surface area contributed by atoms with Gasteiger partial charge in [-0.3, -0.25) is 13.9 Å². The predicted molar refractivity (Wildman–Crippen MR) is 102 cm³/mol. The van der Waals surface area contributed by atoms with Crippen LogP contribution in [0.3, 0.4) is 0 Å². The lowest BCUT2D eigenvalue weighted by Crippen LogP contribution is -2.38. The van der Waals surface area contributed by atoms with E-state index in [9.17, 15) is 14.4 Å². The molecule has 2 aromatic heterocycles. The van der Waals surface area contributed by atoms with Gasteiger partial charge in [-0.2, -0.15) is 0 Å². The second-order valence-corrected chi connectivity index (χ2v) is 6.69. The first kappa shape index (κ1) is 18.6. The molecule has 0 saturated heterocycles. The summed E-state index contributed by atoms with van der Waals surface area (Å²) in [5.41, 5.74) is 0.654. The van der Waals surface area contributed by atoms with Crippen molar-refractivity contribution < 1.29 is 9.53 Å². The zero-order valence-electron chi connectivity index (χ0n) is 14.8. The van der Waals surface area contributed by atoms with Crippen molar-refractivity contribution in [3.05, 3.63) is 79.6 Å². The molecule has 0 aliphatic heterocycles. The maximum atomic E-state index is 12.2. The van der Waals surface area contributed by atoms with E-state index in [1.165, 1.54) is 36.1 Å². The highest BCUT2D eigenvalue weighted by Crippen LogP contribution is 2.17. The van der Waals surface area contributed by atoms with Crippen molar-refractivity contribution in [1.82, 2.24) is 14.1 Å². The monoisotopic (exact) mass is 386 g/mol. The molecule has 0 fully saturated rings. The number of benzene rings is 1. The fourth-order valence-electron chi connectivity index (χ4n) is 2.35. The van der Waals surface area contributed by atoms with Gasteiger partial charge in [-0.1, -0.05) is 30.3 Å². The fourth-order valence-corrected chi connectivity index (χ4v) is 3.03. The Labute approximate surface area is 158 Å². The maximum absolute atomic E-state index is 12.2. The lowest BCUT2D eigenvalue weighted by atomic mass is 10.2. The summed E-state index contributed by atoms with van der Waals surface area (Å²) in [6, 6.07) is 11.1. The first-order chi connectivity index (χ1) is 13.0. The average molecular weight is 386 g/mol. The number of nitrogens with one attached hydrogen (secondary N) is 1. The van der Waals surface area contributed by atoms with Crippen molar-refractivity contribution in [1.29, 1.82) is 0 Å². The SMILES string of the molecule is Cn1c(COC(=O)c2csc(NCc3ccccc3)n2)cc(=O)n(C)c1=O. The molecule has 27 heavy (non-hydrogen) atoms. The van der Waals surface area contributed by atoms with Gasteiger partial charge in [0.1, 0.15) is 6.61 Å². The minimum atomic E-state index is -0.618. The van der Waals surface area contributed by atoms with E-state index in [1.807, 2.05) is 30.3 Å². The molecule has 0 bridgehead atoms. The van der Waals surface area contributed by atoms with Crippen LogP contribution in [0.15, 0.2) is 51.4 Å². The molecule has 3 rings (SSSR count). The first-order valence-electron chi connectivity index (χ1n) is 8.12. The lowest BCUT2D eigenvalue weighted by molar-refractivity contribution is 0.0457. The Kier molecular flexibility index (Phi) is 5.51. The standard InChI is InChI=1S/C18H18N4O4S/c1-21-13(8-15(23)22(2)18(21)25)10-26-16(24)14-11-27-17(20-14)19-9-12-6-4-3-5-7-12/h3-8,11H,9-10H2,1-2H3,(H,19,20). The van der Waals surface area contributed by atoms with Crippen LogP contribution in [0.4, 0.5) is 5.13 Å². The summed E-state index contributed by atoms with van der Waals surface area (Å²) in [6.45, 7) is 0.406. The van der Waals surface area contributed by atoms with Crippen molar-refractivity contribution >= 4 is 22.4 Å². The van der Waals surface area contributed by atoms with E-state index >= 15 is 0 Å². The molecular formula is C18H18N4O4S. The van der Waals surface area contributed by atoms with Gasteiger partial charge >= 0.3 is 11.7 Å². The molecule has 0 spiro atoms. The van der Waals surface area contributed by atoms with E-state index in [1.54, 1.807) is 5.38 Å². The van der Waals surface area contributed by atoms with Crippen molar-refractivity contribution in [3.8, 4) is 0 Å². The van der Waals surface area contributed by atoms with Gasteiger partial charge in [0, 0.05) is 32.1 Å². The zero-order chi connectivity index (χ0) is 19.4. The molecule has 0 amide bonds. The van der Waals surface area contributed by atoms with Gasteiger partial charge in [-0.25, -0.2) is 14.6 Å². The van der Waals surface area contributed by atoms with Crippen molar-refractivity contribution in [3.63, 3.8) is 0 Å². The Balaban J connectivity index is 1.62. The van der Waals surface area contributed by atoms with E-state index in [2.05, 4.69) is 10.3 Å². The minimum Gasteiger partial charge on any atom is -0.455 e. The Morgan fingerprint density at radius 2 is 1.93 bits per heavy atom. The molecular weight excluding hydrogens is 368 g/mol. The smallest absolute Gasteiger partial charge is 0.358 e. The Bertz CT molecular complexity index is 1070. The molecule has 140 valence electrons. The van der Waals surface area contributed by atoms with Crippen LogP contribution < -0.4 is 16.6 Å². The van der Waals surface area contributed by atoms with E-state index in [-0.39, 0.29) is 12.3 Å². The summed E-state index contributed by atoms with van der Waals surface area (Å²) < 4.78 is 7.44. The van der Waals surface area contributed by atoms with E-state index in [0.29, 0.717) is 17.4 Å². The molecule has 2 heterocycles. The number of hydrogen-bond donors (Lipinski definition) is 1. The Hall–Kier alpha value is -3.20. The molecule has 0 atom stereocenters. The maximum Gasteiger partial charge on any atom is 0.358 e. The zero-order valence-corrected chi connectivity index (χ0v) is 15.7. The number of carbonyl (C=O) groups is 1. The minimum absolute atomic E-state index is 0.171. The molecule has 1 aromatic carbocycles. The van der Waals surface area contributed by atoms with Crippen LogP contribution in [0.25, 0.3) is 0 Å². The average Bonchev–Trinajstić information content (AvgIpc) is 3.16. The Morgan fingerprint density at radius 1 is 1.19 bits per heavy atom. The summed E-state index contributed by atoms with van der Waals surface area (Å²) in [5.74, 6) is -0.618. The van der Waals surface area contributed by atoms with Crippen LogP contribution in [0, 0.1) is 0 Å². The van der Waals surface area contributed by atoms with Crippen LogP contribution >= 0.6 is 11.3 Å². The summed E-state index contributed by atoms with van der Waals surface area (Å²) in [4.78, 5) is 40.0. The van der Waals surface area contributed by atoms with Gasteiger partial charge in [0.25, 0.3) is 5.56 Å². The number of esters is 1. The lowest BCUT2D eigenvalue weighted by Gasteiger charge is -2.09. The van der Waals surface area contributed by atoms with E-state index in [4.69, 9.17) is 4.74 Å². The number of ether oxygens (including phenoxy) is 1. The number of anilines is 1. The number of nitrogens with zero attached hydrogens (tertiary/aromatic N) is 3. The van der Waals surface area contributed by atoms with Crippen molar-refractivity contribution in [2.45, 2.75) is 13.2 Å². The van der Waals surface area contributed by atoms with Gasteiger partial charge < -0.3 is 10.1 Å². The third-order valence-corrected chi connectivity index (χ3v) is 4.78. The highest BCUT2D eigenvalue weighted by atomic mass is 32.1. The molecule has 0 saturated carbocycles. The largest absolute Gasteiger partial charge is 0.455 e. The van der Waals surface area contributed by atoms with Crippen molar-refractivity contribution in [2.75, 3.05) is 5.32 Å². The summed E-state index contributed by atoms with van der Waals surface area (Å²) in [7, 11) is 2.90. The predicted octanol–water partition coefficient (Wildman–Crippen LogP) is 1.51. The van der Waals surface area contributed by atoms with E-state index in [0.717, 1.165) is 10.1 Å². The molecule has 0 radical (unpaired) electrons. The highest BCUT2D eigenvalue weighted by Gasteiger charge is 2.14. The van der Waals surface area contributed by atoms with Crippen LogP contribution in [0.2, 0.25) is 0 Å². The first-order valence-corrected chi connectivity index (χ1v) is 9.00. The molecule has 0 aliphatic rings. The summed E-state index contributed by atoms with van der Waals surface area (Å²) >= 11 is 1.30. The van der Waals surface area contributed by atoms with E-state index < -0.39 is 17.2 Å². The third kappa shape index (κ3) is 4.32. The molecule has 0 aliphatic carbocycles. The Morgan fingerprint density at radius 3 is 2.67 bits per heavy atom. The topological polar surface area (TPSA) is 95.2 Å². The number of aromatic nitrogens is 3. The van der Waals surface area contributed by atoms with Gasteiger partial charge in [0.05, 0.1) is 5.69 Å². The molecule has 0 unspecified atom stereocenters. The second kappa shape index (κ2) is 8.00. The van der Waals surface area contributed by atoms with Gasteiger partial charge in [-0.15, -0.1) is 11.3 Å². The normalized spacial score (nSPS) is 10.6. The molecule has 1 N–H and O–H groups in total. The van der Waals surface area contributed by atoms with Gasteiger partial charge in [0.15, 0.2) is 10.8 Å². The van der Waals surface area contributed by atoms with Crippen LogP contribution in [0.5, 0.6) is 0 Å². The van der Waals surface area contributed by atoms with Crippen LogP contribution in [-0.4, -0.2) is 20.1 Å². The third-order valence-electron chi connectivity index (χ3n) is 3.98. The fraction of sp³-hybridized carbons (Fsp3) is 0.222. The molecule has 9 heteroatoms. The van der Waals surface area contributed by atoms with Gasteiger partial charge in [-0.05, 0) is 5.56 Å². The van der Waals surface area contributed by atoms with Crippen molar-refractivity contribution in [2.24, 2.45) is 14.1 Å². The quantitative estimate of drug-likeness (QED) is 0.645. The summed E-state index contributed by atoms with van der Waals surface area (Å²) in [6.07, 6.45) is 0. The van der Waals surface area contributed by atoms with Crippen LogP contribution in [-0.2, 0) is 32.0 Å². The highest BCUT2D eigenvalue weighted by molar-refractivity contribution is 7.13. The number of hydrogen-bond acceptors (Lipinski definition) is 7. The molecule has 3 aromatic rings. The molecule has 8 nitrogen and oxygen atoms in total. The number of thiazole rings is 1. The van der Waals surface area contributed by atoms with Crippen LogP contribution in [0.1, 0.15) is 21.7 Å². The summed E-state index contributed by atoms with van der Waals surface area (Å²) in [5, 5.41) is 5.35. The second-order valence-electron chi connectivity index (χ2n) is 5.83.